The number of benzene rings is 1. The molecule has 3 saturated heterocycles. The van der Waals surface area contributed by atoms with Crippen molar-refractivity contribution in [1.29, 1.82) is 0 Å². The van der Waals surface area contributed by atoms with Crippen LogP contribution in [-0.2, 0) is 52.8 Å². The van der Waals surface area contributed by atoms with Crippen molar-refractivity contribution < 1.29 is 51.4 Å². The highest BCUT2D eigenvalue weighted by atomic mass is 32.1. The van der Waals surface area contributed by atoms with Crippen molar-refractivity contribution >= 4 is 61.6 Å². The summed E-state index contributed by atoms with van der Waals surface area (Å²) < 4.78 is 63.9. The summed E-state index contributed by atoms with van der Waals surface area (Å²) in [5.41, 5.74) is 4.77. The van der Waals surface area contributed by atoms with Crippen molar-refractivity contribution in [2.24, 2.45) is 11.3 Å². The third-order valence-corrected chi connectivity index (χ3v) is 17.0. The smallest absolute Gasteiger partial charge is 0.378 e. The molecule has 7 heterocycles. The van der Waals surface area contributed by atoms with Crippen LogP contribution in [0.15, 0.2) is 54.1 Å². The number of fused-ring (bicyclic) bond motifs is 7. The Kier molecular flexibility index (Phi) is 17.5. The van der Waals surface area contributed by atoms with Crippen molar-refractivity contribution in [3.05, 3.63) is 70.3 Å². The van der Waals surface area contributed by atoms with E-state index in [9.17, 15) is 32.3 Å². The van der Waals surface area contributed by atoms with E-state index in [0.717, 1.165) is 0 Å². The van der Waals surface area contributed by atoms with Crippen molar-refractivity contribution in [2.75, 3.05) is 80.8 Å². The third kappa shape index (κ3) is 12.7. The molecule has 18 nitrogen and oxygen atoms in total. The molecule has 5 amide bonds. The van der Waals surface area contributed by atoms with E-state index >= 15 is 4.79 Å². The van der Waals surface area contributed by atoms with E-state index in [1.165, 1.54) is 32.9 Å². The van der Waals surface area contributed by atoms with Crippen LogP contribution in [0.4, 0.5) is 18.0 Å². The zero-order valence-electron chi connectivity index (χ0n) is 45.7. The Morgan fingerprint density at radius 1 is 1.09 bits per heavy atom. The van der Waals surface area contributed by atoms with E-state index in [0.29, 0.717) is 82.2 Å². The molecule has 6 bridgehead atoms. The van der Waals surface area contributed by atoms with E-state index in [2.05, 4.69) is 15.7 Å². The normalized spacial score (nSPS) is 23.1. The molecule has 4 aliphatic heterocycles. The molecule has 77 heavy (non-hydrogen) atoms. The first-order valence-electron chi connectivity index (χ1n) is 26.3. The van der Waals surface area contributed by atoms with Gasteiger partial charge in [-0.2, -0.15) is 13.2 Å². The molecule has 1 aromatic carbocycles. The number of aromatic nitrogens is 3. The Hall–Kier alpha value is -5.56. The fourth-order valence-electron chi connectivity index (χ4n) is 11.2. The van der Waals surface area contributed by atoms with Gasteiger partial charge in [0.05, 0.1) is 76.9 Å². The van der Waals surface area contributed by atoms with Gasteiger partial charge in [-0.15, -0.1) is 11.3 Å². The highest BCUT2D eigenvalue weighted by Crippen LogP contribution is 2.43. The Balaban J connectivity index is 1.15. The number of urea groups is 1. The standard InChI is InChI=1S/C54H73F3N10O8SSi/c1-32(2)46(63(8)51(72)64-26-41-42(27-64)75-22-21-65(41)44(68)14-11-19-62(6)7)48(69)60-38-24-43-59-39(28-76-43)34-15-16-40-36(23-34)37(47(66(40)29-54(55,56)57)35-13-10-18-58-45(35)33(3)73-9)25-52(4,5)30-74-31-53(50(71)77)17-12-20-67(61-53)49(38)70/h10-11,13-16,18,23,28,32-33,38,41-42,46,61H,12,17,19-22,24-27,29-31H2,1-9,77H3,(H,60,69)/b14-11+/t33-,38-,41+,42-,46-,53-/m0/s1. The largest absolute Gasteiger partial charge is 0.406 e. The van der Waals surface area contributed by atoms with Crippen LogP contribution in [0.3, 0.4) is 0 Å². The van der Waals surface area contributed by atoms with Crippen LogP contribution < -0.4 is 10.7 Å². The summed E-state index contributed by atoms with van der Waals surface area (Å²) in [6.07, 6.45) is 0.414. The van der Waals surface area contributed by atoms with Crippen LogP contribution in [0.1, 0.15) is 69.8 Å². The monoisotopic (exact) mass is 1110 g/mol. The second-order valence-corrected chi connectivity index (χ2v) is 24.2. The lowest BCUT2D eigenvalue weighted by atomic mass is 9.84. The molecule has 0 aliphatic carbocycles. The number of amides is 5. The molecular formula is C54H73F3N10O8SSi. The number of likely N-dealkylation sites (tertiary alicyclic amines) is 1. The minimum atomic E-state index is -4.59. The minimum Gasteiger partial charge on any atom is -0.378 e. The fourth-order valence-corrected chi connectivity index (χ4v) is 12.6. The summed E-state index contributed by atoms with van der Waals surface area (Å²) >= 11 is 1.27. The van der Waals surface area contributed by atoms with Crippen LogP contribution in [0, 0.1) is 11.3 Å². The maximum atomic E-state index is 15.0. The van der Waals surface area contributed by atoms with E-state index < -0.39 is 71.7 Å². The topological polar surface area (TPSA) is 184 Å². The minimum absolute atomic E-state index is 0.0663. The van der Waals surface area contributed by atoms with Gasteiger partial charge in [0, 0.05) is 86.4 Å². The molecule has 3 fully saturated rings. The second kappa shape index (κ2) is 23.4. The van der Waals surface area contributed by atoms with Crippen LogP contribution in [-0.4, -0.2) is 195 Å². The number of hydrogen-bond donors (Lipinski definition) is 2. The van der Waals surface area contributed by atoms with Crippen molar-refractivity contribution in [2.45, 2.75) is 109 Å². The number of halogens is 3. The first-order chi connectivity index (χ1) is 36.4. The number of hydrazine groups is 1. The highest BCUT2D eigenvalue weighted by Gasteiger charge is 2.47. The molecule has 0 radical (unpaired) electrons. The number of thiazole rings is 1. The Bertz CT molecular complexity index is 2880. The van der Waals surface area contributed by atoms with Crippen LogP contribution in [0.5, 0.6) is 0 Å². The van der Waals surface area contributed by atoms with Gasteiger partial charge in [0.1, 0.15) is 29.6 Å². The number of carbonyl (C=O) groups is 5. The third-order valence-electron chi connectivity index (χ3n) is 15.2. The quantitative estimate of drug-likeness (QED) is 0.149. The Labute approximate surface area is 455 Å². The Morgan fingerprint density at radius 3 is 2.56 bits per heavy atom. The van der Waals surface area contributed by atoms with Gasteiger partial charge < -0.3 is 48.5 Å². The van der Waals surface area contributed by atoms with Crippen LogP contribution in [0.25, 0.3) is 33.4 Å². The molecule has 2 N–H and O–H groups in total. The molecule has 4 aliphatic rings. The zero-order valence-corrected chi connectivity index (χ0v) is 48.6. The molecule has 0 spiro atoms. The number of nitrogens with zero attached hydrogens (tertiary/aromatic N) is 8. The van der Waals surface area contributed by atoms with Crippen LogP contribution in [0.2, 0.25) is 0 Å². The zero-order chi connectivity index (χ0) is 55.7. The van der Waals surface area contributed by atoms with Gasteiger partial charge in [0.25, 0.3) is 5.91 Å². The number of hydrogen-bond acceptors (Lipinski definition) is 13. The number of nitrogens with one attached hydrogen (secondary N) is 2. The van der Waals surface area contributed by atoms with Gasteiger partial charge in [-0.25, -0.2) is 15.2 Å². The lowest BCUT2D eigenvalue weighted by molar-refractivity contribution is -0.148. The number of carbonyl (C=O) groups excluding carboxylic acids is 5. The van der Waals surface area contributed by atoms with Gasteiger partial charge in [-0.1, -0.05) is 39.8 Å². The fraction of sp³-hybridized carbons (Fsp3) is 0.574. The molecule has 3 aromatic heterocycles. The van der Waals surface area contributed by atoms with E-state index in [1.807, 2.05) is 58.1 Å². The number of rotatable bonds is 12. The molecule has 4 aromatic rings. The molecule has 418 valence electrons. The van der Waals surface area contributed by atoms with Crippen molar-refractivity contribution in [3.63, 3.8) is 0 Å². The summed E-state index contributed by atoms with van der Waals surface area (Å²) in [5, 5.41) is 7.16. The van der Waals surface area contributed by atoms with Gasteiger partial charge in [0.2, 0.25) is 11.8 Å². The summed E-state index contributed by atoms with van der Waals surface area (Å²) in [6, 6.07) is 5.67. The maximum Gasteiger partial charge on any atom is 0.406 e. The van der Waals surface area contributed by atoms with E-state index in [-0.39, 0.29) is 73.3 Å². The molecule has 0 saturated carbocycles. The summed E-state index contributed by atoms with van der Waals surface area (Å²) in [4.78, 5) is 87.7. The highest BCUT2D eigenvalue weighted by molar-refractivity contribution is 7.10. The van der Waals surface area contributed by atoms with Crippen molar-refractivity contribution in [1.82, 2.24) is 49.9 Å². The summed E-state index contributed by atoms with van der Waals surface area (Å²) in [5.74, 6) is -1.67. The molecule has 8 rings (SSSR count). The average Bonchev–Trinajstić information content (AvgIpc) is 4.25. The number of methoxy groups -OCH3 is 1. The van der Waals surface area contributed by atoms with Gasteiger partial charge >= 0.3 is 12.2 Å². The first kappa shape index (κ1) is 57.6. The number of ether oxygens (including phenoxy) is 3. The van der Waals surface area contributed by atoms with Gasteiger partial charge in [-0.05, 0) is 81.4 Å². The molecule has 6 atom stereocenters. The lowest BCUT2D eigenvalue weighted by Gasteiger charge is -2.43. The number of pyridine rings is 1. The average molecular weight is 1110 g/mol. The van der Waals surface area contributed by atoms with Crippen LogP contribution >= 0.6 is 11.3 Å². The lowest BCUT2D eigenvalue weighted by Crippen LogP contribution is -2.68. The van der Waals surface area contributed by atoms with Gasteiger partial charge in [0.15, 0.2) is 0 Å². The van der Waals surface area contributed by atoms with Crippen molar-refractivity contribution in [3.8, 4) is 22.5 Å². The summed E-state index contributed by atoms with van der Waals surface area (Å²) in [7, 11) is 7.03. The molecular weight excluding hydrogens is 1030 g/mol. The molecule has 0 unspecified atom stereocenters. The predicted molar refractivity (Wildman–Crippen MR) is 290 cm³/mol. The predicted octanol–water partition coefficient (Wildman–Crippen LogP) is 4.59. The number of alkyl halides is 3. The van der Waals surface area contributed by atoms with E-state index in [4.69, 9.17) is 19.2 Å². The van der Waals surface area contributed by atoms with E-state index in [1.54, 1.807) is 66.4 Å². The first-order valence-corrected chi connectivity index (χ1v) is 28.2. The Morgan fingerprint density at radius 2 is 1.86 bits per heavy atom. The second-order valence-electron chi connectivity index (χ2n) is 22.3. The maximum absolute atomic E-state index is 15.0. The molecule has 23 heteroatoms. The number of likely N-dealkylation sites (N-methyl/N-ethyl adjacent to an activating group) is 2. The SMILES string of the molecule is CO[C@@H](C)c1ncccc1-c1c2c3cc(ccc3n1CC(F)(F)F)-c1csc(n1)C[C@H](NC(=O)[C@H](C(C)C)N(C)C(=O)N1C[C@@H]3OCCN(C(=O)/C=C/CN(C)C)[C@@H]3C1)C(=O)N1CCC[C@@](C(=O)[SiH3])(COCC(C)(C)C2)N1. The number of morpholine rings is 1. The summed E-state index contributed by atoms with van der Waals surface area (Å²) in [6.45, 7) is 10.1. The van der Waals surface area contributed by atoms with Gasteiger partial charge in [-0.3, -0.25) is 24.4 Å².